The van der Waals surface area contributed by atoms with Crippen molar-refractivity contribution in [3.63, 3.8) is 0 Å². The van der Waals surface area contributed by atoms with E-state index in [1.54, 1.807) is 38.1 Å². The van der Waals surface area contributed by atoms with Gasteiger partial charge in [-0.15, -0.1) is 0 Å². The quantitative estimate of drug-likeness (QED) is 0.645. The van der Waals surface area contributed by atoms with Gasteiger partial charge in [0.1, 0.15) is 0 Å². The molecule has 0 aliphatic rings. The summed E-state index contributed by atoms with van der Waals surface area (Å²) in [7, 11) is 1.29. The number of hydrogen-bond acceptors (Lipinski definition) is 5. The molecule has 1 amide bonds. The summed E-state index contributed by atoms with van der Waals surface area (Å²) in [4.78, 5) is 22.7. The van der Waals surface area contributed by atoms with Gasteiger partial charge in [-0.2, -0.15) is 0 Å². The molecule has 0 aliphatic carbocycles. The van der Waals surface area contributed by atoms with Crippen molar-refractivity contribution in [2.75, 3.05) is 19.0 Å². The van der Waals surface area contributed by atoms with Crippen LogP contribution in [-0.4, -0.2) is 25.8 Å². The Morgan fingerprint density at radius 2 is 1.81 bits per heavy atom. The smallest absolute Gasteiger partial charge is 0.411 e. The van der Waals surface area contributed by atoms with Gasteiger partial charge in [-0.1, -0.05) is 19.1 Å². The normalized spacial score (nSPS) is 13.1. The fourth-order valence-corrected chi connectivity index (χ4v) is 1.76. The van der Waals surface area contributed by atoms with Gasteiger partial charge in [0.2, 0.25) is 5.79 Å². The Balaban J connectivity index is 2.93. The molecule has 6 heteroatoms. The average molecular weight is 295 g/mol. The number of nitrogens with one attached hydrogen (secondary N) is 1. The number of carbonyl (C=O) groups is 2. The number of amides is 1. The zero-order valence-electron chi connectivity index (χ0n) is 12.8. The molecule has 0 fully saturated rings. The first kappa shape index (κ1) is 17.0. The van der Waals surface area contributed by atoms with Crippen molar-refractivity contribution in [1.29, 1.82) is 0 Å². The van der Waals surface area contributed by atoms with Crippen LogP contribution in [0.25, 0.3) is 0 Å². The van der Waals surface area contributed by atoms with Gasteiger partial charge in [0.15, 0.2) is 0 Å². The van der Waals surface area contributed by atoms with E-state index < -0.39 is 11.9 Å². The van der Waals surface area contributed by atoms with Crippen LogP contribution < -0.4 is 5.32 Å². The summed E-state index contributed by atoms with van der Waals surface area (Å²) < 4.78 is 15.5. The van der Waals surface area contributed by atoms with Crippen LogP contribution in [0, 0.1) is 0 Å². The maximum Gasteiger partial charge on any atom is 0.411 e. The second kappa shape index (κ2) is 7.64. The van der Waals surface area contributed by atoms with Crippen LogP contribution in [0.3, 0.4) is 0 Å². The fraction of sp³-hybridized carbons (Fsp3) is 0.467. The SMILES string of the molecule is CCOC(C)(OC(=O)CC)c1ccc(NC(=O)OC)cc1. The lowest BCUT2D eigenvalue weighted by atomic mass is 10.1. The minimum atomic E-state index is -1.15. The maximum absolute atomic E-state index is 11.6. The molecule has 0 saturated heterocycles. The molecular formula is C15H21NO5. The van der Waals surface area contributed by atoms with Crippen molar-refractivity contribution in [2.24, 2.45) is 0 Å². The van der Waals surface area contributed by atoms with Gasteiger partial charge >= 0.3 is 12.1 Å². The Morgan fingerprint density at radius 1 is 1.19 bits per heavy atom. The van der Waals surface area contributed by atoms with E-state index in [0.29, 0.717) is 17.9 Å². The summed E-state index contributed by atoms with van der Waals surface area (Å²) in [5.74, 6) is -1.49. The third-order valence-corrected chi connectivity index (χ3v) is 2.86. The van der Waals surface area contributed by atoms with Crippen LogP contribution in [-0.2, 0) is 24.8 Å². The van der Waals surface area contributed by atoms with Crippen LogP contribution in [0.15, 0.2) is 24.3 Å². The largest absolute Gasteiger partial charge is 0.453 e. The first-order chi connectivity index (χ1) is 9.95. The molecule has 1 aromatic carbocycles. The highest BCUT2D eigenvalue weighted by Crippen LogP contribution is 2.28. The van der Waals surface area contributed by atoms with Crippen LogP contribution >= 0.6 is 0 Å². The van der Waals surface area contributed by atoms with E-state index in [1.165, 1.54) is 7.11 Å². The van der Waals surface area contributed by atoms with Crippen LogP contribution in [0.4, 0.5) is 10.5 Å². The van der Waals surface area contributed by atoms with Gasteiger partial charge in [0.05, 0.1) is 7.11 Å². The lowest BCUT2D eigenvalue weighted by molar-refractivity contribution is -0.228. The van der Waals surface area contributed by atoms with E-state index in [4.69, 9.17) is 9.47 Å². The average Bonchev–Trinajstić information content (AvgIpc) is 2.47. The van der Waals surface area contributed by atoms with Gasteiger partial charge in [-0.3, -0.25) is 10.1 Å². The van der Waals surface area contributed by atoms with Crippen molar-refractivity contribution >= 4 is 17.7 Å². The molecule has 0 saturated carbocycles. The number of ether oxygens (including phenoxy) is 3. The van der Waals surface area contributed by atoms with E-state index in [9.17, 15) is 9.59 Å². The molecular weight excluding hydrogens is 274 g/mol. The van der Waals surface area contributed by atoms with Crippen molar-refractivity contribution in [3.8, 4) is 0 Å². The molecule has 0 aliphatic heterocycles. The number of hydrogen-bond donors (Lipinski definition) is 1. The second-order valence-corrected chi connectivity index (χ2v) is 4.40. The Labute approximate surface area is 124 Å². The third kappa shape index (κ3) is 4.75. The lowest BCUT2D eigenvalue weighted by Gasteiger charge is -2.29. The van der Waals surface area contributed by atoms with E-state index >= 15 is 0 Å². The molecule has 0 spiro atoms. The van der Waals surface area contributed by atoms with E-state index in [0.717, 1.165) is 0 Å². The van der Waals surface area contributed by atoms with E-state index in [-0.39, 0.29) is 12.4 Å². The standard InChI is InChI=1S/C15H21NO5/c1-5-13(17)21-15(3,20-6-2)11-7-9-12(10-8-11)16-14(18)19-4/h7-10H,5-6H2,1-4H3,(H,16,18). The molecule has 1 unspecified atom stereocenters. The Kier molecular flexibility index (Phi) is 6.17. The molecule has 1 aromatic rings. The molecule has 6 nitrogen and oxygen atoms in total. The number of anilines is 1. The second-order valence-electron chi connectivity index (χ2n) is 4.40. The van der Waals surface area contributed by atoms with Crippen LogP contribution in [0.1, 0.15) is 32.8 Å². The maximum atomic E-state index is 11.6. The number of methoxy groups -OCH3 is 1. The van der Waals surface area contributed by atoms with Crippen molar-refractivity contribution in [2.45, 2.75) is 33.0 Å². The highest BCUT2D eigenvalue weighted by atomic mass is 16.7. The molecule has 116 valence electrons. The Bertz CT molecular complexity index is 485. The van der Waals surface area contributed by atoms with Gasteiger partial charge in [0, 0.05) is 31.2 Å². The highest BCUT2D eigenvalue weighted by molar-refractivity contribution is 5.84. The predicted molar refractivity (Wildman–Crippen MR) is 77.8 cm³/mol. The van der Waals surface area contributed by atoms with Crippen molar-refractivity contribution < 1.29 is 23.8 Å². The first-order valence-electron chi connectivity index (χ1n) is 6.76. The van der Waals surface area contributed by atoms with Crippen LogP contribution in [0.2, 0.25) is 0 Å². The molecule has 1 N–H and O–H groups in total. The van der Waals surface area contributed by atoms with Crippen molar-refractivity contribution in [1.82, 2.24) is 0 Å². The van der Waals surface area contributed by atoms with E-state index in [1.807, 2.05) is 6.92 Å². The summed E-state index contributed by atoms with van der Waals surface area (Å²) in [6.07, 6.45) is -0.280. The molecule has 0 bridgehead atoms. The van der Waals surface area contributed by atoms with Gasteiger partial charge < -0.3 is 14.2 Å². The topological polar surface area (TPSA) is 73.9 Å². The minimum Gasteiger partial charge on any atom is -0.453 e. The summed E-state index contributed by atoms with van der Waals surface area (Å²) in [6.45, 7) is 5.63. The number of rotatable bonds is 6. The number of carbonyl (C=O) groups excluding carboxylic acids is 2. The van der Waals surface area contributed by atoms with E-state index in [2.05, 4.69) is 10.1 Å². The molecule has 0 radical (unpaired) electrons. The monoisotopic (exact) mass is 295 g/mol. The van der Waals surface area contributed by atoms with Gasteiger partial charge in [-0.25, -0.2) is 4.79 Å². The third-order valence-electron chi connectivity index (χ3n) is 2.86. The minimum absolute atomic E-state index is 0.268. The molecule has 0 aromatic heterocycles. The van der Waals surface area contributed by atoms with Gasteiger partial charge in [-0.05, 0) is 19.1 Å². The molecule has 0 heterocycles. The molecule has 1 rings (SSSR count). The fourth-order valence-electron chi connectivity index (χ4n) is 1.76. The highest BCUT2D eigenvalue weighted by Gasteiger charge is 2.31. The predicted octanol–water partition coefficient (Wildman–Crippen LogP) is 3.03. The zero-order valence-corrected chi connectivity index (χ0v) is 12.8. The summed E-state index contributed by atoms with van der Waals surface area (Å²) >= 11 is 0. The summed E-state index contributed by atoms with van der Waals surface area (Å²) in [5.41, 5.74) is 1.26. The summed E-state index contributed by atoms with van der Waals surface area (Å²) in [5, 5.41) is 2.54. The number of esters is 1. The summed E-state index contributed by atoms with van der Waals surface area (Å²) in [6, 6.07) is 6.82. The van der Waals surface area contributed by atoms with Gasteiger partial charge in [0.25, 0.3) is 0 Å². The van der Waals surface area contributed by atoms with Crippen LogP contribution in [0.5, 0.6) is 0 Å². The molecule has 21 heavy (non-hydrogen) atoms. The number of benzene rings is 1. The molecule has 1 atom stereocenters. The Morgan fingerprint density at radius 3 is 2.29 bits per heavy atom. The van der Waals surface area contributed by atoms with Crippen molar-refractivity contribution in [3.05, 3.63) is 29.8 Å². The Hall–Kier alpha value is -2.08. The first-order valence-corrected chi connectivity index (χ1v) is 6.76. The zero-order chi connectivity index (χ0) is 15.9. The lowest BCUT2D eigenvalue weighted by Crippen LogP contribution is -2.32.